The number of benzene rings is 1. The van der Waals surface area contributed by atoms with Crippen LogP contribution in [-0.4, -0.2) is 52.9 Å². The van der Waals surface area contributed by atoms with Crippen LogP contribution in [0.2, 0.25) is 0 Å². The average molecular weight is 440 g/mol. The number of likely N-dealkylation sites (tertiary alicyclic amines) is 1. The third-order valence-corrected chi connectivity index (χ3v) is 6.28. The van der Waals surface area contributed by atoms with Crippen LogP contribution in [0.3, 0.4) is 0 Å². The second-order valence-corrected chi connectivity index (χ2v) is 8.71. The molecule has 2 aliphatic heterocycles. The first-order chi connectivity index (χ1) is 15.4. The zero-order chi connectivity index (χ0) is 22.7. The molecule has 32 heavy (non-hydrogen) atoms. The van der Waals surface area contributed by atoms with Gasteiger partial charge in [-0.3, -0.25) is 9.59 Å². The second-order valence-electron chi connectivity index (χ2n) is 8.71. The van der Waals surface area contributed by atoms with Gasteiger partial charge in [0.25, 0.3) is 0 Å². The number of nitrogens with one attached hydrogen (secondary N) is 1. The zero-order valence-corrected chi connectivity index (χ0v) is 18.7. The van der Waals surface area contributed by atoms with E-state index < -0.39 is 0 Å². The van der Waals surface area contributed by atoms with Gasteiger partial charge in [0, 0.05) is 50.3 Å². The Hall–Kier alpha value is -3.03. The molecule has 1 fully saturated rings. The van der Waals surface area contributed by atoms with Crippen molar-refractivity contribution in [1.29, 1.82) is 0 Å². The molecule has 1 N–H and O–H groups in total. The highest BCUT2D eigenvalue weighted by atomic mass is 19.1. The number of rotatable bonds is 5. The van der Waals surface area contributed by atoms with Crippen LogP contribution in [0.25, 0.3) is 0 Å². The van der Waals surface area contributed by atoms with Crippen LogP contribution in [0.4, 0.5) is 10.2 Å². The van der Waals surface area contributed by atoms with Crippen molar-refractivity contribution >= 4 is 17.6 Å². The summed E-state index contributed by atoms with van der Waals surface area (Å²) in [4.78, 5) is 37.5. The van der Waals surface area contributed by atoms with Crippen LogP contribution in [0, 0.1) is 12.7 Å². The molecular formula is C24H30FN5O2. The molecule has 1 saturated heterocycles. The Morgan fingerprint density at radius 2 is 1.94 bits per heavy atom. The summed E-state index contributed by atoms with van der Waals surface area (Å²) in [5.41, 5.74) is 3.22. The maximum Gasteiger partial charge on any atom is 0.241 e. The van der Waals surface area contributed by atoms with E-state index in [1.807, 2.05) is 19.1 Å². The molecular weight excluding hydrogens is 409 g/mol. The number of hydrogen-bond donors (Lipinski definition) is 1. The molecule has 1 aromatic heterocycles. The van der Waals surface area contributed by atoms with E-state index in [1.54, 1.807) is 4.90 Å². The Morgan fingerprint density at radius 3 is 2.69 bits per heavy atom. The molecule has 0 saturated carbocycles. The number of anilines is 1. The summed E-state index contributed by atoms with van der Waals surface area (Å²) in [5.74, 6) is 1.31. The van der Waals surface area contributed by atoms with Gasteiger partial charge in [0.1, 0.15) is 17.5 Å². The summed E-state index contributed by atoms with van der Waals surface area (Å²) >= 11 is 0. The van der Waals surface area contributed by atoms with Gasteiger partial charge in [-0.25, -0.2) is 14.4 Å². The largest absolute Gasteiger partial charge is 0.352 e. The topological polar surface area (TPSA) is 78.4 Å². The standard InChI is InChI=1S/C24H30FN5O2/c1-16-21-6-4-12-30(14-18-7-9-20(25)10-8-18)24(21)28-23(27-16)19-5-3-11-29(15-19)22(32)13-26-17(2)31/h7-10,19H,3-6,11-15H2,1-2H3,(H,26,31)/t19-/m0/s1. The highest BCUT2D eigenvalue weighted by molar-refractivity contribution is 5.83. The van der Waals surface area contributed by atoms with Crippen LogP contribution < -0.4 is 10.2 Å². The van der Waals surface area contributed by atoms with E-state index in [2.05, 4.69) is 10.2 Å². The number of amides is 2. The molecule has 0 aliphatic carbocycles. The van der Waals surface area contributed by atoms with Gasteiger partial charge in [-0.1, -0.05) is 12.1 Å². The molecule has 8 heteroatoms. The fourth-order valence-corrected chi connectivity index (χ4v) is 4.58. The van der Waals surface area contributed by atoms with Gasteiger partial charge in [-0.2, -0.15) is 0 Å². The number of aromatic nitrogens is 2. The van der Waals surface area contributed by atoms with Gasteiger partial charge in [-0.05, 0) is 50.3 Å². The summed E-state index contributed by atoms with van der Waals surface area (Å²) < 4.78 is 13.3. The van der Waals surface area contributed by atoms with Crippen molar-refractivity contribution in [3.63, 3.8) is 0 Å². The molecule has 0 radical (unpaired) electrons. The Balaban J connectivity index is 1.54. The Morgan fingerprint density at radius 1 is 1.16 bits per heavy atom. The molecule has 3 heterocycles. The predicted molar refractivity (Wildman–Crippen MR) is 120 cm³/mol. The van der Waals surface area contributed by atoms with E-state index in [1.165, 1.54) is 24.6 Å². The molecule has 0 spiro atoms. The molecule has 1 aromatic carbocycles. The maximum absolute atomic E-state index is 13.3. The minimum atomic E-state index is -0.233. The molecule has 4 rings (SSSR count). The van der Waals surface area contributed by atoms with Crippen LogP contribution in [0.1, 0.15) is 54.7 Å². The smallest absolute Gasteiger partial charge is 0.241 e. The first-order valence-corrected chi connectivity index (χ1v) is 11.3. The Bertz CT molecular complexity index is 995. The van der Waals surface area contributed by atoms with Gasteiger partial charge >= 0.3 is 0 Å². The second kappa shape index (κ2) is 9.63. The molecule has 0 bridgehead atoms. The minimum absolute atomic E-state index is 0.0254. The SMILES string of the molecule is CC(=O)NCC(=O)N1CCC[C@H](c2nc(C)c3c(n2)N(Cc2ccc(F)cc2)CCC3)C1. The fraction of sp³-hybridized carbons (Fsp3) is 0.500. The summed E-state index contributed by atoms with van der Waals surface area (Å²) in [6.45, 7) is 6.30. The number of carbonyl (C=O) groups is 2. The highest BCUT2D eigenvalue weighted by Crippen LogP contribution is 2.32. The van der Waals surface area contributed by atoms with Gasteiger partial charge in [0.05, 0.1) is 6.54 Å². The average Bonchev–Trinajstić information content (AvgIpc) is 2.79. The van der Waals surface area contributed by atoms with Crippen LogP contribution in [0.5, 0.6) is 0 Å². The van der Waals surface area contributed by atoms with Crippen LogP contribution in [-0.2, 0) is 22.6 Å². The van der Waals surface area contributed by atoms with E-state index in [9.17, 15) is 14.0 Å². The van der Waals surface area contributed by atoms with Crippen molar-refractivity contribution in [2.45, 2.75) is 52.0 Å². The first-order valence-electron chi connectivity index (χ1n) is 11.3. The van der Waals surface area contributed by atoms with Crippen LogP contribution in [0.15, 0.2) is 24.3 Å². The van der Waals surface area contributed by atoms with Crippen LogP contribution >= 0.6 is 0 Å². The number of nitrogens with zero attached hydrogens (tertiary/aromatic N) is 4. The van der Waals surface area contributed by atoms with Gasteiger partial charge in [-0.15, -0.1) is 0 Å². The van der Waals surface area contributed by atoms with Gasteiger partial charge in [0.2, 0.25) is 11.8 Å². The van der Waals surface area contributed by atoms with E-state index in [0.29, 0.717) is 19.6 Å². The van der Waals surface area contributed by atoms with E-state index in [4.69, 9.17) is 9.97 Å². The minimum Gasteiger partial charge on any atom is -0.352 e. The lowest BCUT2D eigenvalue weighted by molar-refractivity contribution is -0.133. The monoisotopic (exact) mass is 439 g/mol. The van der Waals surface area contributed by atoms with E-state index in [0.717, 1.165) is 55.1 Å². The van der Waals surface area contributed by atoms with Crippen molar-refractivity contribution in [1.82, 2.24) is 20.2 Å². The van der Waals surface area contributed by atoms with Gasteiger partial charge in [0.15, 0.2) is 0 Å². The maximum atomic E-state index is 13.3. The summed E-state index contributed by atoms with van der Waals surface area (Å²) in [6.07, 6.45) is 3.80. The zero-order valence-electron chi connectivity index (χ0n) is 18.7. The van der Waals surface area contributed by atoms with Crippen molar-refractivity contribution in [2.24, 2.45) is 0 Å². The number of fused-ring (bicyclic) bond motifs is 1. The van der Waals surface area contributed by atoms with E-state index >= 15 is 0 Å². The molecule has 2 aromatic rings. The normalized spacial score (nSPS) is 18.3. The Labute approximate surface area is 188 Å². The molecule has 1 atom stereocenters. The number of halogens is 1. The quantitative estimate of drug-likeness (QED) is 0.775. The fourth-order valence-electron chi connectivity index (χ4n) is 4.58. The number of piperidine rings is 1. The Kier molecular flexibility index (Phi) is 6.67. The van der Waals surface area contributed by atoms with Crippen molar-refractivity contribution < 1.29 is 14.0 Å². The molecule has 7 nitrogen and oxygen atoms in total. The molecule has 170 valence electrons. The van der Waals surface area contributed by atoms with Gasteiger partial charge < -0.3 is 15.1 Å². The highest BCUT2D eigenvalue weighted by Gasteiger charge is 2.29. The third-order valence-electron chi connectivity index (χ3n) is 6.28. The predicted octanol–water partition coefficient (Wildman–Crippen LogP) is 2.72. The van der Waals surface area contributed by atoms with E-state index in [-0.39, 0.29) is 30.1 Å². The lowest BCUT2D eigenvalue weighted by atomic mass is 9.96. The molecule has 2 aliphatic rings. The van der Waals surface area contributed by atoms with Crippen molar-refractivity contribution in [2.75, 3.05) is 31.1 Å². The summed E-state index contributed by atoms with van der Waals surface area (Å²) in [5, 5.41) is 2.59. The number of carbonyl (C=O) groups excluding carboxylic acids is 2. The first kappa shape index (κ1) is 22.2. The van der Waals surface area contributed by atoms with Crippen molar-refractivity contribution in [3.05, 3.63) is 52.7 Å². The summed E-state index contributed by atoms with van der Waals surface area (Å²) in [6, 6.07) is 6.62. The number of aryl methyl sites for hydroxylation is 1. The third kappa shape index (κ3) is 5.06. The summed E-state index contributed by atoms with van der Waals surface area (Å²) in [7, 11) is 0. The molecule has 0 unspecified atom stereocenters. The number of hydrogen-bond acceptors (Lipinski definition) is 5. The lowest BCUT2D eigenvalue weighted by Crippen LogP contribution is -2.44. The van der Waals surface area contributed by atoms with Crippen molar-refractivity contribution in [3.8, 4) is 0 Å². The molecule has 2 amide bonds. The lowest BCUT2D eigenvalue weighted by Gasteiger charge is -2.34.